The van der Waals surface area contributed by atoms with Crippen molar-refractivity contribution in [3.63, 3.8) is 0 Å². The zero-order valence-corrected chi connectivity index (χ0v) is 7.71. The molecular formula is C8H17NO3. The van der Waals surface area contributed by atoms with Crippen LogP contribution in [0.3, 0.4) is 0 Å². The third-order valence-corrected chi connectivity index (χ3v) is 1.39. The zero-order valence-electron chi connectivity index (χ0n) is 7.71. The molecule has 0 aromatic heterocycles. The average Bonchev–Trinajstić information content (AvgIpc) is 2.05. The lowest BCUT2D eigenvalue weighted by atomic mass is 10.3. The van der Waals surface area contributed by atoms with Gasteiger partial charge >= 0.3 is 5.97 Å². The molecule has 72 valence electrons. The molecule has 0 aliphatic heterocycles. The fourth-order valence-corrected chi connectivity index (χ4v) is 0.672. The lowest BCUT2D eigenvalue weighted by molar-refractivity contribution is -0.146. The minimum absolute atomic E-state index is 0.213. The third-order valence-electron chi connectivity index (χ3n) is 1.39. The number of unbranched alkanes of at least 4 members (excludes halogenated alkanes) is 1. The van der Waals surface area contributed by atoms with Crippen LogP contribution >= 0.6 is 0 Å². The van der Waals surface area contributed by atoms with Crippen LogP contribution in [0.25, 0.3) is 0 Å². The monoisotopic (exact) mass is 175 g/mol. The van der Waals surface area contributed by atoms with Gasteiger partial charge in [0, 0.05) is 7.11 Å². The van der Waals surface area contributed by atoms with E-state index in [0.717, 1.165) is 12.8 Å². The molecule has 0 aromatic rings. The van der Waals surface area contributed by atoms with Gasteiger partial charge in [-0.1, -0.05) is 13.3 Å². The summed E-state index contributed by atoms with van der Waals surface area (Å²) in [5.41, 5.74) is 5.41. The minimum atomic E-state index is -0.646. The average molecular weight is 175 g/mol. The van der Waals surface area contributed by atoms with E-state index in [1.165, 1.54) is 7.11 Å². The van der Waals surface area contributed by atoms with Crippen molar-refractivity contribution in [2.45, 2.75) is 25.8 Å². The van der Waals surface area contributed by atoms with E-state index >= 15 is 0 Å². The van der Waals surface area contributed by atoms with E-state index in [-0.39, 0.29) is 12.6 Å². The number of carbonyl (C=O) groups is 1. The van der Waals surface area contributed by atoms with Crippen LogP contribution < -0.4 is 5.73 Å². The van der Waals surface area contributed by atoms with Gasteiger partial charge < -0.3 is 15.2 Å². The van der Waals surface area contributed by atoms with Crippen molar-refractivity contribution in [2.75, 3.05) is 20.3 Å². The van der Waals surface area contributed by atoms with Crippen LogP contribution in [-0.2, 0) is 14.3 Å². The van der Waals surface area contributed by atoms with Crippen molar-refractivity contribution >= 4 is 5.97 Å². The summed E-state index contributed by atoms with van der Waals surface area (Å²) in [7, 11) is 1.50. The molecule has 4 nitrogen and oxygen atoms in total. The molecule has 0 rings (SSSR count). The maximum atomic E-state index is 11.0. The summed E-state index contributed by atoms with van der Waals surface area (Å²) < 4.78 is 9.56. The predicted molar refractivity (Wildman–Crippen MR) is 45.7 cm³/mol. The number of hydrogen-bond acceptors (Lipinski definition) is 4. The largest absolute Gasteiger partial charge is 0.464 e. The molecule has 0 radical (unpaired) electrons. The Hall–Kier alpha value is -0.610. The lowest BCUT2D eigenvalue weighted by Gasteiger charge is -2.09. The van der Waals surface area contributed by atoms with Crippen LogP contribution in [-0.4, -0.2) is 32.3 Å². The van der Waals surface area contributed by atoms with Crippen molar-refractivity contribution in [1.29, 1.82) is 0 Å². The molecule has 2 N–H and O–H groups in total. The van der Waals surface area contributed by atoms with Crippen molar-refractivity contribution < 1.29 is 14.3 Å². The molecule has 0 bridgehead atoms. The van der Waals surface area contributed by atoms with Crippen LogP contribution in [0.1, 0.15) is 19.8 Å². The highest BCUT2D eigenvalue weighted by Gasteiger charge is 2.13. The first kappa shape index (κ1) is 11.4. The summed E-state index contributed by atoms with van der Waals surface area (Å²) in [4.78, 5) is 11.0. The van der Waals surface area contributed by atoms with Crippen LogP contribution in [0.2, 0.25) is 0 Å². The summed E-state index contributed by atoms with van der Waals surface area (Å²) in [6.07, 6.45) is 1.89. The highest BCUT2D eigenvalue weighted by atomic mass is 16.5. The first-order valence-corrected chi connectivity index (χ1v) is 4.13. The first-order valence-electron chi connectivity index (χ1n) is 4.13. The topological polar surface area (TPSA) is 61.5 Å². The van der Waals surface area contributed by atoms with E-state index in [0.29, 0.717) is 6.61 Å². The van der Waals surface area contributed by atoms with Gasteiger partial charge in [0.1, 0.15) is 6.04 Å². The van der Waals surface area contributed by atoms with Crippen molar-refractivity contribution in [3.05, 3.63) is 0 Å². The summed E-state index contributed by atoms with van der Waals surface area (Å²) in [6, 6.07) is -0.646. The number of rotatable bonds is 6. The summed E-state index contributed by atoms with van der Waals surface area (Å²) >= 11 is 0. The number of hydrogen-bond donors (Lipinski definition) is 1. The second-order valence-corrected chi connectivity index (χ2v) is 2.58. The quantitative estimate of drug-likeness (QED) is 0.466. The van der Waals surface area contributed by atoms with Gasteiger partial charge in [0.2, 0.25) is 0 Å². The molecule has 0 aliphatic rings. The normalized spacial score (nSPS) is 12.6. The van der Waals surface area contributed by atoms with Gasteiger partial charge in [0.25, 0.3) is 0 Å². The standard InChI is InChI=1S/C8H17NO3/c1-3-4-5-12-8(10)7(9)6-11-2/h7H,3-6,9H2,1-2H3. The Morgan fingerprint density at radius 3 is 2.75 bits per heavy atom. The van der Waals surface area contributed by atoms with Gasteiger partial charge in [-0.15, -0.1) is 0 Å². The maximum Gasteiger partial charge on any atom is 0.325 e. The number of esters is 1. The van der Waals surface area contributed by atoms with Gasteiger partial charge in [-0.05, 0) is 6.42 Å². The number of nitrogens with two attached hydrogens (primary N) is 1. The Balaban J connectivity index is 3.43. The van der Waals surface area contributed by atoms with Gasteiger partial charge in [0.15, 0.2) is 0 Å². The minimum Gasteiger partial charge on any atom is -0.464 e. The Morgan fingerprint density at radius 2 is 2.25 bits per heavy atom. The highest BCUT2D eigenvalue weighted by molar-refractivity contribution is 5.75. The molecule has 0 saturated carbocycles. The lowest BCUT2D eigenvalue weighted by Crippen LogP contribution is -2.36. The van der Waals surface area contributed by atoms with Gasteiger partial charge in [-0.25, -0.2) is 0 Å². The van der Waals surface area contributed by atoms with E-state index in [4.69, 9.17) is 15.2 Å². The Kier molecular flexibility index (Phi) is 6.70. The Labute approximate surface area is 73.0 Å². The number of carbonyl (C=O) groups excluding carboxylic acids is 1. The molecule has 0 aromatic carbocycles. The molecule has 0 spiro atoms. The van der Waals surface area contributed by atoms with Crippen molar-refractivity contribution in [1.82, 2.24) is 0 Å². The first-order chi connectivity index (χ1) is 5.72. The zero-order chi connectivity index (χ0) is 9.40. The molecule has 0 heterocycles. The van der Waals surface area contributed by atoms with Gasteiger partial charge in [-0.2, -0.15) is 0 Å². The fraction of sp³-hybridized carbons (Fsp3) is 0.875. The van der Waals surface area contributed by atoms with E-state index in [9.17, 15) is 4.79 Å². The van der Waals surface area contributed by atoms with E-state index in [1.807, 2.05) is 6.92 Å². The third kappa shape index (κ3) is 5.09. The molecule has 0 aliphatic carbocycles. The number of ether oxygens (including phenoxy) is 2. The number of methoxy groups -OCH3 is 1. The van der Waals surface area contributed by atoms with E-state index in [1.54, 1.807) is 0 Å². The predicted octanol–water partition coefficient (Wildman–Crippen LogP) is 0.303. The molecule has 0 fully saturated rings. The summed E-state index contributed by atoms with van der Waals surface area (Å²) in [5, 5.41) is 0. The van der Waals surface area contributed by atoms with Crippen molar-refractivity contribution in [2.24, 2.45) is 5.73 Å². The molecule has 1 atom stereocenters. The maximum absolute atomic E-state index is 11.0. The Bertz CT molecular complexity index is 127. The molecule has 1 unspecified atom stereocenters. The second kappa shape index (κ2) is 7.06. The van der Waals surface area contributed by atoms with Gasteiger partial charge in [-0.3, -0.25) is 4.79 Å². The van der Waals surface area contributed by atoms with E-state index < -0.39 is 6.04 Å². The second-order valence-electron chi connectivity index (χ2n) is 2.58. The molecule has 12 heavy (non-hydrogen) atoms. The fourth-order valence-electron chi connectivity index (χ4n) is 0.672. The molecule has 0 saturated heterocycles. The van der Waals surface area contributed by atoms with Crippen LogP contribution in [0, 0.1) is 0 Å². The van der Waals surface area contributed by atoms with Crippen LogP contribution in [0.4, 0.5) is 0 Å². The van der Waals surface area contributed by atoms with Crippen molar-refractivity contribution in [3.8, 4) is 0 Å². The highest BCUT2D eigenvalue weighted by Crippen LogP contribution is 1.91. The van der Waals surface area contributed by atoms with Gasteiger partial charge in [0.05, 0.1) is 13.2 Å². The Morgan fingerprint density at radius 1 is 1.58 bits per heavy atom. The van der Waals surface area contributed by atoms with E-state index in [2.05, 4.69) is 0 Å². The molecular weight excluding hydrogens is 158 g/mol. The van der Waals surface area contributed by atoms with Crippen LogP contribution in [0.5, 0.6) is 0 Å². The molecule has 4 heteroatoms. The smallest absolute Gasteiger partial charge is 0.325 e. The summed E-state index contributed by atoms with van der Waals surface area (Å²) in [5.74, 6) is -0.384. The molecule has 0 amide bonds. The van der Waals surface area contributed by atoms with Crippen LogP contribution in [0.15, 0.2) is 0 Å². The SMILES string of the molecule is CCCCOC(=O)C(N)COC. The summed E-state index contributed by atoms with van der Waals surface area (Å²) in [6.45, 7) is 2.70.